The topological polar surface area (TPSA) is 110 Å². The maximum atomic E-state index is 12.7. The van der Waals surface area contributed by atoms with E-state index in [0.29, 0.717) is 12.8 Å². The van der Waals surface area contributed by atoms with Crippen LogP contribution in [0.1, 0.15) is 418 Å². The molecule has 1 amide bonds. The average molecular weight is 1140 g/mol. The Morgan fingerprint density at radius 2 is 0.531 bits per heavy atom. The zero-order chi connectivity index (χ0) is 58.7. The molecule has 0 aromatic heterocycles. The van der Waals surface area contributed by atoms with Gasteiger partial charge in [-0.2, -0.15) is 0 Å². The quantitative estimate of drug-likeness (QED) is 0.0308. The maximum Gasteiger partial charge on any atom is 0.249 e. The van der Waals surface area contributed by atoms with Crippen molar-refractivity contribution in [3.63, 3.8) is 0 Å². The van der Waals surface area contributed by atoms with Crippen LogP contribution in [-0.2, 0) is 4.79 Å². The predicted octanol–water partition coefficient (Wildman–Crippen LogP) is 23.3. The van der Waals surface area contributed by atoms with E-state index in [1.54, 1.807) is 0 Å². The van der Waals surface area contributed by atoms with Crippen LogP contribution in [0.2, 0.25) is 0 Å². The van der Waals surface area contributed by atoms with Crippen LogP contribution >= 0.6 is 0 Å². The first-order valence-electron chi connectivity index (χ1n) is 37.2. The molecule has 0 bridgehead atoms. The Morgan fingerprint density at radius 3 is 0.778 bits per heavy atom. The minimum absolute atomic E-state index is 0.372. The molecule has 0 rings (SSSR count). The fraction of sp³-hybridized carbons (Fsp3) is 0.933. The lowest BCUT2D eigenvalue weighted by atomic mass is 9.99. The number of carbonyl (C=O) groups is 1. The van der Waals surface area contributed by atoms with Crippen LogP contribution in [0.15, 0.2) is 24.3 Å². The average Bonchev–Trinajstić information content (AvgIpc) is 3.47. The summed E-state index contributed by atoms with van der Waals surface area (Å²) in [5, 5.41) is 44.3. The molecule has 0 aliphatic carbocycles. The van der Waals surface area contributed by atoms with Gasteiger partial charge in [0.2, 0.25) is 5.91 Å². The Bertz CT molecular complexity index is 1240. The van der Waals surface area contributed by atoms with E-state index in [0.717, 1.165) is 44.9 Å². The molecular formula is C75H147NO5. The molecule has 0 saturated heterocycles. The van der Waals surface area contributed by atoms with Crippen molar-refractivity contribution in [3.8, 4) is 0 Å². The summed E-state index contributed by atoms with van der Waals surface area (Å²) >= 11 is 0. The molecule has 0 aromatic rings. The van der Waals surface area contributed by atoms with Crippen LogP contribution in [0.4, 0.5) is 0 Å². The number of rotatable bonds is 70. The van der Waals surface area contributed by atoms with E-state index in [1.165, 1.54) is 347 Å². The molecule has 4 unspecified atom stereocenters. The van der Waals surface area contributed by atoms with Crippen molar-refractivity contribution < 1.29 is 25.2 Å². The lowest BCUT2D eigenvalue weighted by Gasteiger charge is -2.27. The maximum absolute atomic E-state index is 12.7. The molecule has 6 heteroatoms. The summed E-state index contributed by atoms with van der Waals surface area (Å²) in [6, 6.07) is -0.986. The number of amides is 1. The lowest BCUT2D eigenvalue weighted by Crippen LogP contribution is -2.53. The second-order valence-electron chi connectivity index (χ2n) is 26.0. The SMILES string of the molecule is CCCCCCCCCCCCCCC/C=C\C/C=C\CCCCCCCCCCCCCCCCCCC(O)C(=O)NC(CO)C(O)C(O)CCCCCCCCCCCCCCCCCCCCCCCCCCCCCCC. The van der Waals surface area contributed by atoms with Crippen LogP contribution in [-0.4, -0.2) is 57.3 Å². The molecule has 0 aliphatic rings. The highest BCUT2D eigenvalue weighted by atomic mass is 16.3. The molecule has 482 valence electrons. The number of aliphatic hydroxyl groups is 4. The van der Waals surface area contributed by atoms with Gasteiger partial charge in [0.25, 0.3) is 0 Å². The third-order valence-electron chi connectivity index (χ3n) is 17.9. The van der Waals surface area contributed by atoms with E-state index in [9.17, 15) is 25.2 Å². The zero-order valence-corrected chi connectivity index (χ0v) is 55.1. The molecule has 0 radical (unpaired) electrons. The smallest absolute Gasteiger partial charge is 0.249 e. The van der Waals surface area contributed by atoms with Crippen LogP contribution in [0, 0.1) is 0 Å². The molecule has 6 nitrogen and oxygen atoms in total. The van der Waals surface area contributed by atoms with Crippen molar-refractivity contribution in [2.24, 2.45) is 0 Å². The highest BCUT2D eigenvalue weighted by molar-refractivity contribution is 5.80. The lowest BCUT2D eigenvalue weighted by molar-refractivity contribution is -0.132. The van der Waals surface area contributed by atoms with Crippen molar-refractivity contribution in [1.82, 2.24) is 5.32 Å². The second-order valence-corrected chi connectivity index (χ2v) is 26.0. The Balaban J connectivity index is 3.52. The Labute approximate surface area is 507 Å². The Kier molecular flexibility index (Phi) is 68.5. The summed E-state index contributed by atoms with van der Waals surface area (Å²) in [6.07, 6.45) is 88.9. The molecule has 0 aliphatic heterocycles. The van der Waals surface area contributed by atoms with Gasteiger partial charge in [-0.1, -0.05) is 398 Å². The van der Waals surface area contributed by atoms with Crippen molar-refractivity contribution in [2.75, 3.05) is 6.61 Å². The Hall–Kier alpha value is -1.21. The summed E-state index contributed by atoms with van der Waals surface area (Å²) in [7, 11) is 0. The highest BCUT2D eigenvalue weighted by Gasteiger charge is 2.28. The number of aliphatic hydroxyl groups excluding tert-OH is 4. The standard InChI is InChI=1S/C75H147NO5/c1-3-5-7-9-11-13-15-17-19-21-23-25-27-29-31-33-34-35-36-37-38-39-41-43-45-47-49-51-53-55-57-59-61-63-65-67-69-73(79)75(81)76-71(70-77)74(80)72(78)68-66-64-62-60-58-56-54-52-50-48-46-44-42-40-32-30-28-26-24-22-20-18-16-14-12-10-8-6-4-2/h31,33,35-36,71-74,77-80H,3-30,32,34,37-70H2,1-2H3,(H,76,81)/b33-31-,36-35-. The van der Waals surface area contributed by atoms with Gasteiger partial charge in [-0.05, 0) is 44.9 Å². The van der Waals surface area contributed by atoms with Gasteiger partial charge in [0.1, 0.15) is 12.2 Å². The van der Waals surface area contributed by atoms with Crippen LogP contribution in [0.25, 0.3) is 0 Å². The van der Waals surface area contributed by atoms with E-state index >= 15 is 0 Å². The van der Waals surface area contributed by atoms with E-state index in [1.807, 2.05) is 0 Å². The minimum Gasteiger partial charge on any atom is -0.394 e. The van der Waals surface area contributed by atoms with Crippen molar-refractivity contribution in [3.05, 3.63) is 24.3 Å². The third kappa shape index (κ3) is 63.1. The van der Waals surface area contributed by atoms with Gasteiger partial charge in [-0.25, -0.2) is 0 Å². The molecule has 0 aromatic carbocycles. The first-order chi connectivity index (χ1) is 40.0. The van der Waals surface area contributed by atoms with Crippen LogP contribution in [0.3, 0.4) is 0 Å². The molecular weight excluding hydrogens is 995 g/mol. The van der Waals surface area contributed by atoms with Gasteiger partial charge in [0.15, 0.2) is 0 Å². The molecule has 0 saturated carbocycles. The monoisotopic (exact) mass is 1140 g/mol. The van der Waals surface area contributed by atoms with Crippen molar-refractivity contribution >= 4 is 5.91 Å². The molecule has 0 fully saturated rings. The van der Waals surface area contributed by atoms with Crippen LogP contribution in [0.5, 0.6) is 0 Å². The summed E-state index contributed by atoms with van der Waals surface area (Å²) in [4.78, 5) is 12.7. The second kappa shape index (κ2) is 69.6. The molecule has 81 heavy (non-hydrogen) atoms. The van der Waals surface area contributed by atoms with E-state index in [-0.39, 0.29) is 0 Å². The fourth-order valence-electron chi connectivity index (χ4n) is 12.1. The van der Waals surface area contributed by atoms with E-state index in [2.05, 4.69) is 43.5 Å². The summed E-state index contributed by atoms with van der Waals surface area (Å²) in [5.74, 6) is -0.576. The number of hydrogen-bond acceptors (Lipinski definition) is 5. The third-order valence-corrected chi connectivity index (χ3v) is 17.9. The minimum atomic E-state index is -1.26. The highest BCUT2D eigenvalue weighted by Crippen LogP contribution is 2.20. The zero-order valence-electron chi connectivity index (χ0n) is 55.1. The largest absolute Gasteiger partial charge is 0.394 e. The fourth-order valence-corrected chi connectivity index (χ4v) is 12.1. The van der Waals surface area contributed by atoms with Gasteiger partial charge in [0, 0.05) is 0 Å². The number of nitrogens with one attached hydrogen (secondary N) is 1. The molecule has 4 atom stereocenters. The van der Waals surface area contributed by atoms with Crippen molar-refractivity contribution in [1.29, 1.82) is 0 Å². The normalized spacial score (nSPS) is 13.5. The number of hydrogen-bond donors (Lipinski definition) is 5. The van der Waals surface area contributed by atoms with Gasteiger partial charge >= 0.3 is 0 Å². The number of carbonyl (C=O) groups excluding carboxylic acids is 1. The van der Waals surface area contributed by atoms with Gasteiger partial charge in [-0.15, -0.1) is 0 Å². The summed E-state index contributed by atoms with van der Waals surface area (Å²) in [6.45, 7) is 4.12. The summed E-state index contributed by atoms with van der Waals surface area (Å²) < 4.78 is 0. The number of unbranched alkanes of at least 4 members (excludes halogenated alkanes) is 57. The van der Waals surface area contributed by atoms with E-state index < -0.39 is 36.9 Å². The molecule has 5 N–H and O–H groups in total. The van der Waals surface area contributed by atoms with Gasteiger partial charge in [-0.3, -0.25) is 4.79 Å². The predicted molar refractivity (Wildman–Crippen MR) is 358 cm³/mol. The van der Waals surface area contributed by atoms with E-state index in [4.69, 9.17) is 0 Å². The first kappa shape index (κ1) is 79.8. The molecule has 0 spiro atoms. The van der Waals surface area contributed by atoms with Gasteiger partial charge < -0.3 is 25.7 Å². The molecule has 0 heterocycles. The Morgan fingerprint density at radius 1 is 0.309 bits per heavy atom. The van der Waals surface area contributed by atoms with Crippen LogP contribution < -0.4 is 5.32 Å². The summed E-state index contributed by atoms with van der Waals surface area (Å²) in [5.41, 5.74) is 0. The van der Waals surface area contributed by atoms with Gasteiger partial charge in [0.05, 0.1) is 18.8 Å². The first-order valence-corrected chi connectivity index (χ1v) is 37.2. The van der Waals surface area contributed by atoms with Crippen molar-refractivity contribution in [2.45, 2.75) is 443 Å². The number of allylic oxidation sites excluding steroid dienone is 4.